The molecule has 0 unspecified atom stereocenters. The fourth-order valence-corrected chi connectivity index (χ4v) is 1.65. The second-order valence-electron chi connectivity index (χ2n) is 6.76. The van der Waals surface area contributed by atoms with Gasteiger partial charge < -0.3 is 39.4 Å². The predicted octanol–water partition coefficient (Wildman–Crippen LogP) is 3.18. The molecule has 0 aliphatic heterocycles. The van der Waals surface area contributed by atoms with Crippen molar-refractivity contribution in [2.75, 3.05) is 79.3 Å². The van der Waals surface area contributed by atoms with Crippen LogP contribution in [-0.2, 0) is 40.7 Å². The van der Waals surface area contributed by atoms with Gasteiger partial charge in [-0.05, 0) is 25.7 Å². The smallest absolute Gasteiger partial charge is 0.0697 e. The maximum absolute atomic E-state index is 8.24. The molecule has 33 heavy (non-hydrogen) atoms. The first-order valence-corrected chi connectivity index (χ1v) is 12.4. The number of aliphatic hydroxyl groups excluding tert-OH is 4. The summed E-state index contributed by atoms with van der Waals surface area (Å²) >= 11 is 0. The van der Waals surface area contributed by atoms with E-state index in [4.69, 9.17) is 39.4 Å². The van der Waals surface area contributed by atoms with E-state index < -0.39 is 0 Å². The topological polar surface area (TPSA) is 118 Å². The maximum atomic E-state index is 8.24. The van der Waals surface area contributed by atoms with Crippen LogP contribution < -0.4 is 0 Å². The van der Waals surface area contributed by atoms with Crippen LogP contribution in [-0.4, -0.2) is 99.7 Å². The van der Waals surface area contributed by atoms with Crippen molar-refractivity contribution in [3.8, 4) is 0 Å². The molecule has 0 aliphatic carbocycles. The molecule has 0 aromatic heterocycles. The first-order chi connectivity index (χ1) is 15.7. The van der Waals surface area contributed by atoms with E-state index in [0.29, 0.717) is 26.4 Å². The van der Waals surface area contributed by atoms with E-state index in [-0.39, 0.29) is 48.1 Å². The Hall–Kier alpha value is 0.394. The van der Waals surface area contributed by atoms with Crippen molar-refractivity contribution in [3.63, 3.8) is 0 Å². The summed E-state index contributed by atoms with van der Waals surface area (Å²) in [7, 11) is 0. The summed E-state index contributed by atoms with van der Waals surface area (Å²) in [6.07, 6.45) is 9.02. The van der Waals surface area contributed by atoms with E-state index in [1.54, 1.807) is 0 Å². The minimum absolute atomic E-state index is 0. The van der Waals surface area contributed by atoms with Crippen molar-refractivity contribution in [1.29, 1.82) is 0 Å². The van der Waals surface area contributed by atoms with Crippen LogP contribution in [0.1, 0.15) is 79.1 Å². The molecule has 9 heteroatoms. The van der Waals surface area contributed by atoms with Crippen LogP contribution in [0, 0.1) is 0 Å². The van der Waals surface area contributed by atoms with Crippen molar-refractivity contribution < 1.29 is 61.1 Å². The van der Waals surface area contributed by atoms with Gasteiger partial charge in [0.1, 0.15) is 0 Å². The van der Waals surface area contributed by atoms with Crippen LogP contribution in [0.15, 0.2) is 0 Å². The average Bonchev–Trinajstić information content (AvgIpc) is 2.82. The first-order valence-electron chi connectivity index (χ1n) is 12.4. The molecule has 0 bridgehead atoms. The summed E-state index contributed by atoms with van der Waals surface area (Å²) in [4.78, 5) is 0. The van der Waals surface area contributed by atoms with E-state index in [2.05, 4.69) is 27.7 Å². The van der Waals surface area contributed by atoms with Crippen molar-refractivity contribution in [2.24, 2.45) is 0 Å². The Morgan fingerprint density at radius 2 is 0.545 bits per heavy atom. The van der Waals surface area contributed by atoms with Gasteiger partial charge >= 0.3 is 0 Å². The second-order valence-corrected chi connectivity index (χ2v) is 6.76. The van der Waals surface area contributed by atoms with Crippen molar-refractivity contribution >= 4 is 0 Å². The number of hydrogen-bond donors (Lipinski definition) is 4. The van der Waals surface area contributed by atoms with Gasteiger partial charge in [-0.1, -0.05) is 53.4 Å². The van der Waals surface area contributed by atoms with E-state index in [1.165, 1.54) is 0 Å². The Labute approximate surface area is 219 Å². The largest absolute Gasteiger partial charge is 0.394 e. The zero-order valence-corrected chi connectivity index (χ0v) is 23.6. The van der Waals surface area contributed by atoms with Gasteiger partial charge in [0.05, 0.1) is 52.9 Å². The van der Waals surface area contributed by atoms with E-state index in [1.807, 2.05) is 0 Å². The molecule has 0 aromatic rings. The Balaban J connectivity index is -0.000000105. The zero-order chi connectivity index (χ0) is 25.0. The monoisotopic (exact) mass is 520 g/mol. The number of unbranched alkanes of at least 4 members (excludes halogenated alkanes) is 4. The fraction of sp³-hybridized carbons (Fsp3) is 1.00. The van der Waals surface area contributed by atoms with Gasteiger partial charge in [0.15, 0.2) is 0 Å². The summed E-state index contributed by atoms with van der Waals surface area (Å²) in [6, 6.07) is 0. The van der Waals surface area contributed by atoms with Gasteiger partial charge in [-0.3, -0.25) is 0 Å². The van der Waals surface area contributed by atoms with E-state index in [0.717, 1.165) is 77.8 Å². The number of rotatable bonds is 20. The van der Waals surface area contributed by atoms with Crippen LogP contribution in [0.2, 0.25) is 0 Å². The van der Waals surface area contributed by atoms with Crippen molar-refractivity contribution in [1.82, 2.24) is 0 Å². The first kappa shape index (κ1) is 43.5. The Morgan fingerprint density at radius 1 is 0.364 bits per heavy atom. The molecule has 0 rings (SSSR count). The van der Waals surface area contributed by atoms with Crippen LogP contribution >= 0.6 is 0 Å². The van der Waals surface area contributed by atoms with Crippen LogP contribution in [0.25, 0.3) is 0 Å². The standard InChI is InChI=1S/4C6H14O2.Ti/c4*1-2-3-5-8-6-4-7;/h4*7H,2-6H2,1H3;. The number of hydrogen-bond acceptors (Lipinski definition) is 8. The number of ether oxygens (including phenoxy) is 4. The molecule has 0 aliphatic rings. The van der Waals surface area contributed by atoms with Gasteiger partial charge in [0.2, 0.25) is 0 Å². The van der Waals surface area contributed by atoms with E-state index in [9.17, 15) is 0 Å². The van der Waals surface area contributed by atoms with Gasteiger partial charge in [-0.25, -0.2) is 0 Å². The van der Waals surface area contributed by atoms with Crippen LogP contribution in [0.5, 0.6) is 0 Å². The third-order valence-corrected chi connectivity index (χ3v) is 3.51. The number of aliphatic hydroxyl groups is 4. The average molecular weight is 521 g/mol. The minimum Gasteiger partial charge on any atom is -0.394 e. The van der Waals surface area contributed by atoms with Gasteiger partial charge in [0, 0.05) is 48.1 Å². The molecule has 0 saturated carbocycles. The van der Waals surface area contributed by atoms with Crippen molar-refractivity contribution in [2.45, 2.75) is 79.1 Å². The summed E-state index contributed by atoms with van der Waals surface area (Å²) in [5.74, 6) is 0. The van der Waals surface area contributed by atoms with Gasteiger partial charge in [-0.15, -0.1) is 0 Å². The minimum atomic E-state index is 0. The molecule has 204 valence electrons. The molecule has 0 heterocycles. The normalized spacial score (nSPS) is 9.45. The Morgan fingerprint density at radius 3 is 0.667 bits per heavy atom. The summed E-state index contributed by atoms with van der Waals surface area (Å²) in [6.45, 7) is 14.1. The predicted molar refractivity (Wildman–Crippen MR) is 131 cm³/mol. The van der Waals surface area contributed by atoms with Crippen LogP contribution in [0.3, 0.4) is 0 Å². The molecule has 0 radical (unpaired) electrons. The molecule has 8 nitrogen and oxygen atoms in total. The Bertz CT molecular complexity index is 181. The third-order valence-electron chi connectivity index (χ3n) is 3.51. The third kappa shape index (κ3) is 72.0. The summed E-state index contributed by atoms with van der Waals surface area (Å²) < 4.78 is 19.9. The molecule has 0 atom stereocenters. The molecule has 0 spiro atoms. The van der Waals surface area contributed by atoms with Gasteiger partial charge in [-0.2, -0.15) is 0 Å². The summed E-state index contributed by atoms with van der Waals surface area (Å²) in [5.41, 5.74) is 0. The molecule has 0 amide bonds. The van der Waals surface area contributed by atoms with E-state index >= 15 is 0 Å². The second kappa shape index (κ2) is 53.7. The molecular weight excluding hydrogens is 464 g/mol. The van der Waals surface area contributed by atoms with Crippen LogP contribution in [0.4, 0.5) is 0 Å². The fourth-order valence-electron chi connectivity index (χ4n) is 1.65. The quantitative estimate of drug-likeness (QED) is 0.143. The van der Waals surface area contributed by atoms with Gasteiger partial charge in [0.25, 0.3) is 0 Å². The maximum Gasteiger partial charge on any atom is 0.0697 e. The Kier molecular flexibility index (Phi) is 70.7. The summed E-state index contributed by atoms with van der Waals surface area (Å²) in [5, 5.41) is 33.0. The zero-order valence-electron chi connectivity index (χ0n) is 22.1. The molecular formula is C24H56O8Ti. The molecule has 4 N–H and O–H groups in total. The van der Waals surface area contributed by atoms with Crippen molar-refractivity contribution in [3.05, 3.63) is 0 Å². The molecule has 0 fully saturated rings. The molecule has 0 saturated heterocycles. The molecule has 0 aromatic carbocycles. The SMILES string of the molecule is CCCCOCCO.CCCCOCCO.CCCCOCCO.CCCCOCCO.[Ti].